The molecule has 3 heterocycles. The van der Waals surface area contributed by atoms with Crippen LogP contribution in [0.2, 0.25) is 0 Å². The maximum atomic E-state index is 12.1. The fourth-order valence-electron chi connectivity index (χ4n) is 2.03. The van der Waals surface area contributed by atoms with Gasteiger partial charge in [0.2, 0.25) is 16.9 Å². The zero-order valence-electron chi connectivity index (χ0n) is 13.5. The third kappa shape index (κ3) is 4.36. The summed E-state index contributed by atoms with van der Waals surface area (Å²) in [4.78, 5) is 32.4. The van der Waals surface area contributed by atoms with Crippen molar-refractivity contribution in [2.45, 2.75) is 24.8 Å². The van der Waals surface area contributed by atoms with Gasteiger partial charge in [-0.25, -0.2) is 14.8 Å². The summed E-state index contributed by atoms with van der Waals surface area (Å²) >= 11 is 1.35. The van der Waals surface area contributed by atoms with Crippen LogP contribution < -0.4 is 10.2 Å². The van der Waals surface area contributed by atoms with Crippen LogP contribution in [0.25, 0.3) is 0 Å². The molecule has 0 atom stereocenters. The summed E-state index contributed by atoms with van der Waals surface area (Å²) in [5.74, 6) is -0.146. The molecule has 0 aliphatic carbocycles. The fraction of sp³-hybridized carbons (Fsp3) is 0.176. The number of carbonyl (C=O) groups excluding carboxylic acids is 1. The van der Waals surface area contributed by atoms with Crippen molar-refractivity contribution in [3.8, 4) is 5.75 Å². The summed E-state index contributed by atoms with van der Waals surface area (Å²) in [6, 6.07) is 6.15. The van der Waals surface area contributed by atoms with Crippen molar-refractivity contribution in [3.63, 3.8) is 0 Å². The van der Waals surface area contributed by atoms with E-state index in [0.29, 0.717) is 16.7 Å². The van der Waals surface area contributed by atoms with Crippen molar-refractivity contribution >= 4 is 17.7 Å². The Morgan fingerprint density at radius 1 is 1.20 bits per heavy atom. The van der Waals surface area contributed by atoms with Crippen molar-refractivity contribution in [1.82, 2.24) is 9.97 Å². The molecule has 0 radical (unpaired) electrons. The molecule has 0 fully saturated rings. The number of hydrogen-bond acceptors (Lipinski definition) is 8. The summed E-state index contributed by atoms with van der Waals surface area (Å²) in [7, 11) is 0. The first-order valence-electron chi connectivity index (χ1n) is 7.34. The second-order valence-corrected chi connectivity index (χ2v) is 6.11. The Bertz CT molecular complexity index is 930. The highest BCUT2D eigenvalue weighted by Gasteiger charge is 2.15. The first-order valence-corrected chi connectivity index (χ1v) is 8.32. The summed E-state index contributed by atoms with van der Waals surface area (Å²) in [5, 5.41) is 0.605. The Morgan fingerprint density at radius 3 is 2.60 bits per heavy atom. The Balaban J connectivity index is 1.67. The summed E-state index contributed by atoms with van der Waals surface area (Å²) in [6.07, 6.45) is 2.45. The van der Waals surface area contributed by atoms with Gasteiger partial charge in [0, 0.05) is 17.5 Å². The van der Waals surface area contributed by atoms with Gasteiger partial charge in [0.1, 0.15) is 12.0 Å². The highest BCUT2D eigenvalue weighted by Crippen LogP contribution is 2.20. The van der Waals surface area contributed by atoms with Crippen molar-refractivity contribution in [2.24, 2.45) is 0 Å². The van der Waals surface area contributed by atoms with Crippen molar-refractivity contribution in [2.75, 3.05) is 0 Å². The quantitative estimate of drug-likeness (QED) is 0.390. The van der Waals surface area contributed by atoms with Gasteiger partial charge in [-0.2, -0.15) is 0 Å². The van der Waals surface area contributed by atoms with Crippen LogP contribution in [-0.2, 0) is 5.75 Å². The molecule has 0 unspecified atom stereocenters. The van der Waals surface area contributed by atoms with Crippen molar-refractivity contribution < 1.29 is 18.4 Å². The van der Waals surface area contributed by atoms with Gasteiger partial charge in [0.15, 0.2) is 5.16 Å². The van der Waals surface area contributed by atoms with Crippen LogP contribution in [0.5, 0.6) is 5.75 Å². The maximum Gasteiger partial charge on any atom is 0.379 e. The van der Waals surface area contributed by atoms with E-state index >= 15 is 0 Å². The molecule has 0 aromatic carbocycles. The van der Waals surface area contributed by atoms with Gasteiger partial charge >= 0.3 is 5.97 Å². The highest BCUT2D eigenvalue weighted by atomic mass is 32.2. The van der Waals surface area contributed by atoms with Crippen LogP contribution in [0.4, 0.5) is 0 Å². The van der Waals surface area contributed by atoms with E-state index in [9.17, 15) is 9.59 Å². The molecule has 0 bridgehead atoms. The Hall–Kier alpha value is -2.87. The molecule has 3 aromatic rings. The van der Waals surface area contributed by atoms with E-state index in [2.05, 4.69) is 9.97 Å². The van der Waals surface area contributed by atoms with Gasteiger partial charge in [0.05, 0.1) is 12.0 Å². The largest absolute Gasteiger partial charge is 0.464 e. The monoisotopic (exact) mass is 358 g/mol. The Kier molecular flexibility index (Phi) is 4.99. The molecule has 8 heteroatoms. The van der Waals surface area contributed by atoms with Crippen molar-refractivity contribution in [1.29, 1.82) is 0 Å². The second kappa shape index (κ2) is 7.35. The standard InChI is InChI=1S/C17H14N2O5S/c1-10-6-11(2)19-17(18-10)25-9-12-7-13(20)15(8-23-12)24-16(21)14-4-3-5-22-14/h3-8H,9H2,1-2H3. The molecule has 0 amide bonds. The Morgan fingerprint density at radius 2 is 1.96 bits per heavy atom. The third-order valence-electron chi connectivity index (χ3n) is 3.08. The molecule has 3 aromatic heterocycles. The zero-order valence-corrected chi connectivity index (χ0v) is 14.3. The molecule has 0 aliphatic rings. The predicted molar refractivity (Wildman–Crippen MR) is 89.7 cm³/mol. The zero-order chi connectivity index (χ0) is 17.8. The van der Waals surface area contributed by atoms with E-state index in [4.69, 9.17) is 13.6 Å². The van der Waals surface area contributed by atoms with Gasteiger partial charge < -0.3 is 13.6 Å². The number of carbonyl (C=O) groups is 1. The minimum Gasteiger partial charge on any atom is -0.464 e. The minimum absolute atomic E-state index is 0.00555. The molecule has 0 saturated carbocycles. The molecule has 7 nitrogen and oxygen atoms in total. The Labute approximate surface area is 147 Å². The van der Waals surface area contributed by atoms with Gasteiger partial charge in [-0.3, -0.25) is 4.79 Å². The molecule has 0 N–H and O–H groups in total. The van der Waals surface area contributed by atoms with Crippen LogP contribution >= 0.6 is 11.8 Å². The number of nitrogens with zero attached hydrogens (tertiary/aromatic N) is 2. The average Bonchev–Trinajstić information content (AvgIpc) is 3.09. The van der Waals surface area contributed by atoms with Crippen LogP contribution in [0.15, 0.2) is 55.6 Å². The molecule has 3 rings (SSSR count). The topological polar surface area (TPSA) is 95.4 Å². The lowest BCUT2D eigenvalue weighted by molar-refractivity contribution is 0.0695. The third-order valence-corrected chi connectivity index (χ3v) is 3.95. The van der Waals surface area contributed by atoms with E-state index < -0.39 is 11.4 Å². The number of aryl methyl sites for hydroxylation is 2. The number of rotatable bonds is 5. The normalized spacial score (nSPS) is 10.6. The predicted octanol–water partition coefficient (Wildman–Crippen LogP) is 3.15. The molecule has 0 saturated heterocycles. The van der Waals surface area contributed by atoms with Gasteiger partial charge in [-0.05, 0) is 32.0 Å². The van der Waals surface area contributed by atoms with Crippen LogP contribution in [0, 0.1) is 13.8 Å². The number of esters is 1. The van der Waals surface area contributed by atoms with Gasteiger partial charge in [-0.15, -0.1) is 0 Å². The van der Waals surface area contributed by atoms with Crippen LogP contribution in [-0.4, -0.2) is 15.9 Å². The lowest BCUT2D eigenvalue weighted by Gasteiger charge is -2.04. The summed E-state index contributed by atoms with van der Waals surface area (Å²) in [5.41, 5.74) is 1.29. The van der Waals surface area contributed by atoms with E-state index in [1.807, 2.05) is 19.9 Å². The average molecular weight is 358 g/mol. The smallest absolute Gasteiger partial charge is 0.379 e. The SMILES string of the molecule is Cc1cc(C)nc(SCc2cc(=O)c(OC(=O)c3ccco3)co2)n1. The summed E-state index contributed by atoms with van der Waals surface area (Å²) in [6.45, 7) is 3.78. The minimum atomic E-state index is -0.761. The fourth-order valence-corrected chi connectivity index (χ4v) is 2.87. The van der Waals surface area contributed by atoms with Crippen LogP contribution in [0.3, 0.4) is 0 Å². The van der Waals surface area contributed by atoms with E-state index in [0.717, 1.165) is 17.7 Å². The molecule has 0 spiro atoms. The van der Waals surface area contributed by atoms with E-state index in [-0.39, 0.29) is 11.5 Å². The molecular formula is C17H14N2O5S. The number of hydrogen-bond donors (Lipinski definition) is 0. The lowest BCUT2D eigenvalue weighted by Crippen LogP contribution is -2.14. The molecule has 128 valence electrons. The molecule has 0 aliphatic heterocycles. The number of furan rings is 1. The van der Waals surface area contributed by atoms with Crippen molar-refractivity contribution in [3.05, 3.63) is 69.9 Å². The maximum absolute atomic E-state index is 12.1. The van der Waals surface area contributed by atoms with E-state index in [1.54, 1.807) is 6.07 Å². The molecule has 25 heavy (non-hydrogen) atoms. The number of ether oxygens (including phenoxy) is 1. The lowest BCUT2D eigenvalue weighted by atomic mass is 10.4. The highest BCUT2D eigenvalue weighted by molar-refractivity contribution is 7.98. The van der Waals surface area contributed by atoms with Crippen LogP contribution in [0.1, 0.15) is 27.7 Å². The second-order valence-electron chi connectivity index (χ2n) is 5.16. The summed E-state index contributed by atoms with van der Waals surface area (Å²) < 4.78 is 15.2. The molecular weight excluding hydrogens is 344 g/mol. The van der Waals surface area contributed by atoms with Gasteiger partial charge in [0.25, 0.3) is 0 Å². The van der Waals surface area contributed by atoms with E-state index in [1.165, 1.54) is 30.2 Å². The first kappa shape index (κ1) is 17.0. The first-order chi connectivity index (χ1) is 12.0. The van der Waals surface area contributed by atoms with Gasteiger partial charge in [-0.1, -0.05) is 11.8 Å². The number of thioether (sulfide) groups is 1. The number of aromatic nitrogens is 2.